The van der Waals surface area contributed by atoms with Crippen molar-refractivity contribution in [1.82, 2.24) is 19.3 Å². The Labute approximate surface area is 179 Å². The Morgan fingerprint density at radius 2 is 1.53 bits per heavy atom. The number of benzene rings is 3. The first-order valence-electron chi connectivity index (χ1n) is 9.95. The number of aliphatic hydroxyl groups excluding tert-OH is 1. The largest absolute Gasteiger partial charge is 0.390 e. The van der Waals surface area contributed by atoms with Gasteiger partial charge in [-0.15, -0.1) is 10.2 Å². The Bertz CT molecular complexity index is 1270. The van der Waals surface area contributed by atoms with Gasteiger partial charge in [-0.05, 0) is 30.7 Å². The van der Waals surface area contributed by atoms with Crippen LogP contribution in [0.1, 0.15) is 5.56 Å². The molecule has 2 heterocycles. The molecule has 0 spiro atoms. The lowest BCUT2D eigenvalue weighted by atomic mass is 10.2. The number of para-hydroxylation sites is 3. The van der Waals surface area contributed by atoms with Crippen molar-refractivity contribution in [1.29, 1.82) is 0 Å². The van der Waals surface area contributed by atoms with E-state index in [9.17, 15) is 5.11 Å². The third-order valence-electron chi connectivity index (χ3n) is 5.37. The predicted octanol–water partition coefficient (Wildman–Crippen LogP) is 4.84. The Morgan fingerprint density at radius 1 is 0.900 bits per heavy atom. The van der Waals surface area contributed by atoms with Gasteiger partial charge in [0.2, 0.25) is 0 Å². The summed E-state index contributed by atoms with van der Waals surface area (Å²) in [5, 5.41) is 22.4. The Balaban J connectivity index is 1.38. The molecule has 150 valence electrons. The van der Waals surface area contributed by atoms with Crippen molar-refractivity contribution in [3.8, 4) is 5.69 Å². The average molecular weight is 415 g/mol. The van der Waals surface area contributed by atoms with E-state index in [0.717, 1.165) is 27.4 Å². The summed E-state index contributed by atoms with van der Waals surface area (Å²) in [6.07, 6.45) is 1.21. The number of aliphatic hydroxyl groups is 1. The maximum Gasteiger partial charge on any atom is 0.195 e. The highest BCUT2D eigenvalue weighted by Gasteiger charge is 2.15. The Morgan fingerprint density at radius 3 is 2.23 bits per heavy atom. The van der Waals surface area contributed by atoms with Crippen LogP contribution in [0, 0.1) is 6.92 Å². The second kappa shape index (κ2) is 7.97. The summed E-state index contributed by atoms with van der Waals surface area (Å²) in [6.45, 7) is 2.60. The molecule has 0 aliphatic rings. The van der Waals surface area contributed by atoms with Crippen molar-refractivity contribution in [2.45, 2.75) is 24.7 Å². The Kier molecular flexibility index (Phi) is 5.02. The molecule has 0 saturated heterocycles. The minimum absolute atomic E-state index is 0.517. The third-order valence-corrected chi connectivity index (χ3v) is 6.46. The van der Waals surface area contributed by atoms with Gasteiger partial charge in [0.1, 0.15) is 6.33 Å². The zero-order valence-electron chi connectivity index (χ0n) is 16.6. The van der Waals surface area contributed by atoms with Crippen LogP contribution < -0.4 is 0 Å². The zero-order chi connectivity index (χ0) is 20.5. The van der Waals surface area contributed by atoms with E-state index in [1.54, 1.807) is 6.33 Å². The molecule has 1 atom stereocenters. The van der Waals surface area contributed by atoms with Crippen molar-refractivity contribution in [3.05, 3.63) is 84.7 Å². The van der Waals surface area contributed by atoms with Crippen LogP contribution in [0.4, 0.5) is 0 Å². The second-order valence-electron chi connectivity index (χ2n) is 7.38. The number of hydrogen-bond acceptors (Lipinski definition) is 4. The number of aryl methyl sites for hydroxylation is 1. The number of thioether (sulfide) groups is 1. The molecular weight excluding hydrogens is 392 g/mol. The van der Waals surface area contributed by atoms with E-state index in [0.29, 0.717) is 12.3 Å². The normalized spacial score (nSPS) is 12.6. The van der Waals surface area contributed by atoms with Crippen LogP contribution in [0.25, 0.3) is 27.5 Å². The molecule has 0 saturated carbocycles. The van der Waals surface area contributed by atoms with Gasteiger partial charge < -0.3 is 9.67 Å². The predicted molar refractivity (Wildman–Crippen MR) is 122 cm³/mol. The summed E-state index contributed by atoms with van der Waals surface area (Å²) in [7, 11) is 0. The lowest BCUT2D eigenvalue weighted by molar-refractivity contribution is 0.181. The summed E-state index contributed by atoms with van der Waals surface area (Å²) in [4.78, 5) is 0. The summed E-state index contributed by atoms with van der Waals surface area (Å²) in [6, 6.07) is 24.9. The molecule has 0 fully saturated rings. The van der Waals surface area contributed by atoms with Crippen LogP contribution in [0.3, 0.4) is 0 Å². The quantitative estimate of drug-likeness (QED) is 0.404. The molecule has 1 unspecified atom stereocenters. The van der Waals surface area contributed by atoms with Gasteiger partial charge >= 0.3 is 0 Å². The second-order valence-corrected chi connectivity index (χ2v) is 8.37. The van der Waals surface area contributed by atoms with Gasteiger partial charge in [-0.25, -0.2) is 0 Å². The van der Waals surface area contributed by atoms with Crippen molar-refractivity contribution in [3.63, 3.8) is 0 Å². The van der Waals surface area contributed by atoms with E-state index in [4.69, 9.17) is 0 Å². The number of fused-ring (bicyclic) bond motifs is 3. The smallest absolute Gasteiger partial charge is 0.195 e. The molecule has 2 aromatic heterocycles. The van der Waals surface area contributed by atoms with Gasteiger partial charge in [-0.1, -0.05) is 66.4 Å². The Hall–Kier alpha value is -3.09. The standard InChI is InChI=1S/C24H22N4OS/c1-17-8-2-5-11-21(17)28-16-25-26-24(28)30-15-18(29)14-27-22-12-6-3-9-19(22)20-10-4-7-13-23(20)27/h2-13,16,18,29H,14-15H2,1H3. The van der Waals surface area contributed by atoms with Crippen molar-refractivity contribution < 1.29 is 5.11 Å². The first-order valence-corrected chi connectivity index (χ1v) is 10.9. The van der Waals surface area contributed by atoms with Gasteiger partial charge in [-0.2, -0.15) is 0 Å². The first-order chi connectivity index (χ1) is 14.7. The maximum atomic E-state index is 10.9. The molecule has 0 amide bonds. The SMILES string of the molecule is Cc1ccccc1-n1cnnc1SCC(O)Cn1c2ccccc2c2ccccc21. The van der Waals surface area contributed by atoms with E-state index >= 15 is 0 Å². The molecular formula is C24H22N4OS. The molecule has 0 aliphatic carbocycles. The molecule has 5 nitrogen and oxygen atoms in total. The molecule has 1 N–H and O–H groups in total. The number of hydrogen-bond donors (Lipinski definition) is 1. The molecule has 0 aliphatic heterocycles. The van der Waals surface area contributed by atoms with Crippen LogP contribution in [0.2, 0.25) is 0 Å². The van der Waals surface area contributed by atoms with Gasteiger partial charge in [0.15, 0.2) is 5.16 Å². The lowest BCUT2D eigenvalue weighted by Crippen LogP contribution is -2.18. The molecule has 3 aromatic carbocycles. The molecule has 6 heteroatoms. The molecule has 30 heavy (non-hydrogen) atoms. The fourth-order valence-corrected chi connectivity index (χ4v) is 4.79. The van der Waals surface area contributed by atoms with Crippen molar-refractivity contribution in [2.75, 3.05) is 5.75 Å². The van der Waals surface area contributed by atoms with E-state index in [-0.39, 0.29) is 0 Å². The average Bonchev–Trinajstić information content (AvgIpc) is 3.36. The topological polar surface area (TPSA) is 55.9 Å². The highest BCUT2D eigenvalue weighted by atomic mass is 32.2. The molecule has 5 aromatic rings. The van der Waals surface area contributed by atoms with Gasteiger partial charge in [-0.3, -0.25) is 4.57 Å². The molecule has 5 rings (SSSR count). The summed E-state index contributed by atoms with van der Waals surface area (Å²) >= 11 is 1.52. The number of rotatable bonds is 6. The molecule has 0 bridgehead atoms. The van der Waals surface area contributed by atoms with Gasteiger partial charge in [0.25, 0.3) is 0 Å². The van der Waals surface area contributed by atoms with E-state index in [1.165, 1.54) is 22.5 Å². The van der Waals surface area contributed by atoms with Crippen molar-refractivity contribution in [2.24, 2.45) is 0 Å². The monoisotopic (exact) mass is 414 g/mol. The minimum atomic E-state index is -0.517. The van der Waals surface area contributed by atoms with Crippen LogP contribution >= 0.6 is 11.8 Å². The number of nitrogens with zero attached hydrogens (tertiary/aromatic N) is 4. The van der Waals surface area contributed by atoms with Gasteiger partial charge in [0, 0.05) is 27.6 Å². The summed E-state index contributed by atoms with van der Waals surface area (Å²) in [5.41, 5.74) is 4.50. The zero-order valence-corrected chi connectivity index (χ0v) is 17.5. The highest BCUT2D eigenvalue weighted by Crippen LogP contribution is 2.29. The fourth-order valence-electron chi connectivity index (χ4n) is 3.96. The number of aromatic nitrogens is 4. The maximum absolute atomic E-state index is 10.9. The van der Waals surface area contributed by atoms with Crippen LogP contribution in [-0.4, -0.2) is 36.3 Å². The van der Waals surface area contributed by atoms with Crippen molar-refractivity contribution >= 4 is 33.6 Å². The lowest BCUT2D eigenvalue weighted by Gasteiger charge is -2.14. The van der Waals surface area contributed by atoms with E-state index in [1.807, 2.05) is 28.8 Å². The van der Waals surface area contributed by atoms with Gasteiger partial charge in [0.05, 0.1) is 18.3 Å². The minimum Gasteiger partial charge on any atom is -0.390 e. The van der Waals surface area contributed by atoms with E-state index in [2.05, 4.69) is 70.2 Å². The summed E-state index contributed by atoms with van der Waals surface area (Å²) in [5.74, 6) is 0.533. The third kappa shape index (κ3) is 3.38. The highest BCUT2D eigenvalue weighted by molar-refractivity contribution is 7.99. The van der Waals surface area contributed by atoms with E-state index < -0.39 is 6.10 Å². The van der Waals surface area contributed by atoms with Crippen LogP contribution in [0.15, 0.2) is 84.3 Å². The fraction of sp³-hybridized carbons (Fsp3) is 0.167. The molecule has 0 radical (unpaired) electrons. The van der Waals surface area contributed by atoms with Crippen LogP contribution in [0.5, 0.6) is 0 Å². The first kappa shape index (κ1) is 18.9. The summed E-state index contributed by atoms with van der Waals surface area (Å²) < 4.78 is 4.19. The van der Waals surface area contributed by atoms with Crippen LogP contribution in [-0.2, 0) is 6.54 Å².